The number of methoxy groups -OCH3 is 2. The summed E-state index contributed by atoms with van der Waals surface area (Å²) in [5.41, 5.74) is 1.82. The minimum Gasteiger partial charge on any atom is -0.493 e. The average molecular weight is 481 g/mol. The zero-order valence-electron chi connectivity index (χ0n) is 18.7. The fourth-order valence-corrected chi connectivity index (χ4v) is 5.44. The van der Waals surface area contributed by atoms with Crippen LogP contribution in [0.2, 0.25) is 0 Å². The van der Waals surface area contributed by atoms with Gasteiger partial charge in [0.05, 0.1) is 25.8 Å². The van der Waals surface area contributed by atoms with Crippen LogP contribution in [0.1, 0.15) is 27.5 Å². The maximum atomic E-state index is 13.1. The molecule has 0 fully saturated rings. The molecule has 0 radical (unpaired) electrons. The summed E-state index contributed by atoms with van der Waals surface area (Å²) in [7, 11) is -1.46. The van der Waals surface area contributed by atoms with Crippen molar-refractivity contribution in [1.29, 1.82) is 0 Å². The summed E-state index contributed by atoms with van der Waals surface area (Å²) >= 11 is 0. The van der Waals surface area contributed by atoms with Crippen LogP contribution in [-0.2, 0) is 21.2 Å². The van der Waals surface area contributed by atoms with Gasteiger partial charge in [-0.25, -0.2) is 12.7 Å². The molecule has 8 nitrogen and oxygen atoms in total. The van der Waals surface area contributed by atoms with E-state index in [1.54, 1.807) is 0 Å². The van der Waals surface area contributed by atoms with Crippen molar-refractivity contribution in [2.24, 2.45) is 0 Å². The number of amides is 2. The van der Waals surface area contributed by atoms with Gasteiger partial charge in [-0.3, -0.25) is 9.59 Å². The summed E-state index contributed by atoms with van der Waals surface area (Å²) in [4.78, 5) is 25.7. The monoisotopic (exact) mass is 480 g/mol. The Morgan fingerprint density at radius 2 is 1.53 bits per heavy atom. The first-order valence-corrected chi connectivity index (χ1v) is 12.0. The third-order valence-corrected chi connectivity index (χ3v) is 7.39. The third kappa shape index (κ3) is 4.47. The Morgan fingerprint density at radius 1 is 0.941 bits per heavy atom. The van der Waals surface area contributed by atoms with Gasteiger partial charge in [-0.05, 0) is 23.6 Å². The van der Waals surface area contributed by atoms with E-state index in [2.05, 4.69) is 5.32 Å². The first-order chi connectivity index (χ1) is 16.3. The highest BCUT2D eigenvalue weighted by Crippen LogP contribution is 2.38. The number of ether oxygens (including phenoxy) is 2. The SMILES string of the molecule is COc1cc2c(cc1OC)S(=O)(=O)N(CC(=O)NC(Cc1ccccc1)c1ccccc1)C2=O. The highest BCUT2D eigenvalue weighted by Gasteiger charge is 2.43. The molecule has 1 aliphatic rings. The molecule has 34 heavy (non-hydrogen) atoms. The lowest BCUT2D eigenvalue weighted by Gasteiger charge is -2.21. The molecule has 176 valence electrons. The first kappa shape index (κ1) is 23.3. The van der Waals surface area contributed by atoms with Gasteiger partial charge in [0.25, 0.3) is 15.9 Å². The van der Waals surface area contributed by atoms with Crippen molar-refractivity contribution >= 4 is 21.8 Å². The summed E-state index contributed by atoms with van der Waals surface area (Å²) in [5, 5.41) is 2.89. The lowest BCUT2D eigenvalue weighted by molar-refractivity contribution is -0.121. The number of hydrogen-bond acceptors (Lipinski definition) is 6. The Bertz CT molecular complexity index is 1310. The molecular formula is C25H24N2O6S. The second-order valence-electron chi connectivity index (χ2n) is 7.74. The predicted molar refractivity (Wildman–Crippen MR) is 125 cm³/mol. The molecule has 4 rings (SSSR count). The van der Waals surface area contributed by atoms with Crippen LogP contribution in [0.5, 0.6) is 11.5 Å². The molecule has 1 unspecified atom stereocenters. The number of fused-ring (bicyclic) bond motifs is 1. The summed E-state index contributed by atoms with van der Waals surface area (Å²) in [5.74, 6) is -0.974. The predicted octanol–water partition coefficient (Wildman–Crippen LogP) is 2.95. The molecule has 1 N–H and O–H groups in total. The maximum Gasteiger partial charge on any atom is 0.269 e. The first-order valence-electron chi connectivity index (χ1n) is 10.6. The van der Waals surface area contributed by atoms with Crippen LogP contribution < -0.4 is 14.8 Å². The molecule has 3 aromatic rings. The van der Waals surface area contributed by atoms with Crippen LogP contribution in [0.4, 0.5) is 0 Å². The molecule has 0 spiro atoms. The van der Waals surface area contributed by atoms with Crippen LogP contribution in [-0.4, -0.2) is 45.3 Å². The molecule has 0 aromatic heterocycles. The van der Waals surface area contributed by atoms with Crippen molar-refractivity contribution in [3.05, 3.63) is 89.5 Å². The minimum absolute atomic E-state index is 0.0608. The van der Waals surface area contributed by atoms with Crippen molar-refractivity contribution in [2.75, 3.05) is 20.8 Å². The molecule has 0 saturated heterocycles. The Balaban J connectivity index is 1.57. The molecule has 1 aliphatic heterocycles. The van der Waals surface area contributed by atoms with Crippen LogP contribution in [0.25, 0.3) is 0 Å². The number of nitrogens with zero attached hydrogens (tertiary/aromatic N) is 1. The molecule has 3 aromatic carbocycles. The number of nitrogens with one attached hydrogen (secondary N) is 1. The Labute approximate surface area is 198 Å². The van der Waals surface area contributed by atoms with Gasteiger partial charge in [0.1, 0.15) is 11.4 Å². The Hall–Kier alpha value is -3.85. The zero-order valence-corrected chi connectivity index (χ0v) is 19.5. The van der Waals surface area contributed by atoms with E-state index in [1.165, 1.54) is 26.4 Å². The van der Waals surface area contributed by atoms with Crippen molar-refractivity contribution < 1.29 is 27.5 Å². The second-order valence-corrected chi connectivity index (χ2v) is 9.57. The summed E-state index contributed by atoms with van der Waals surface area (Å²) in [6, 6.07) is 21.2. The van der Waals surface area contributed by atoms with E-state index in [0.717, 1.165) is 11.1 Å². The summed E-state index contributed by atoms with van der Waals surface area (Å²) in [6.45, 7) is -0.640. The van der Waals surface area contributed by atoms with Crippen LogP contribution >= 0.6 is 0 Å². The number of rotatable bonds is 8. The van der Waals surface area contributed by atoms with Crippen LogP contribution in [0.15, 0.2) is 77.7 Å². The molecule has 0 bridgehead atoms. The van der Waals surface area contributed by atoms with Crippen molar-refractivity contribution in [1.82, 2.24) is 9.62 Å². The highest BCUT2D eigenvalue weighted by atomic mass is 32.2. The van der Waals surface area contributed by atoms with E-state index in [-0.39, 0.29) is 22.0 Å². The maximum absolute atomic E-state index is 13.1. The minimum atomic E-state index is -4.22. The van der Waals surface area contributed by atoms with E-state index in [1.807, 2.05) is 60.7 Å². The van der Waals surface area contributed by atoms with Crippen LogP contribution in [0, 0.1) is 0 Å². The van der Waals surface area contributed by atoms with Gasteiger partial charge in [0.15, 0.2) is 11.5 Å². The molecule has 0 aliphatic carbocycles. The second kappa shape index (κ2) is 9.56. The van der Waals surface area contributed by atoms with Crippen molar-refractivity contribution in [3.63, 3.8) is 0 Å². The molecule has 2 amide bonds. The zero-order chi connectivity index (χ0) is 24.3. The van der Waals surface area contributed by atoms with E-state index in [4.69, 9.17) is 9.47 Å². The summed E-state index contributed by atoms with van der Waals surface area (Å²) < 4.78 is 37.1. The number of sulfonamides is 1. The average Bonchev–Trinajstić information content (AvgIpc) is 3.03. The Morgan fingerprint density at radius 3 is 2.15 bits per heavy atom. The number of hydrogen-bond donors (Lipinski definition) is 1. The molecule has 9 heteroatoms. The lowest BCUT2D eigenvalue weighted by Crippen LogP contribution is -2.42. The number of carbonyl (C=O) groups is 2. The van der Waals surface area contributed by atoms with Gasteiger partial charge in [-0.2, -0.15) is 0 Å². The summed E-state index contributed by atoms with van der Waals surface area (Å²) in [6.07, 6.45) is 0.506. The smallest absolute Gasteiger partial charge is 0.269 e. The number of carbonyl (C=O) groups excluding carboxylic acids is 2. The molecular weight excluding hydrogens is 456 g/mol. The molecule has 1 atom stereocenters. The van der Waals surface area contributed by atoms with Gasteiger partial charge < -0.3 is 14.8 Å². The Kier molecular flexibility index (Phi) is 6.56. The molecule has 0 saturated carbocycles. The van der Waals surface area contributed by atoms with Gasteiger partial charge >= 0.3 is 0 Å². The standard InChI is InChI=1S/C25H24N2O6S/c1-32-21-14-19-23(15-22(21)33-2)34(30,31)27(25(19)29)16-24(28)26-20(18-11-7-4-8-12-18)13-17-9-5-3-6-10-17/h3-12,14-15,20H,13,16H2,1-2H3,(H,26,28). The largest absolute Gasteiger partial charge is 0.493 e. The highest BCUT2D eigenvalue weighted by molar-refractivity contribution is 7.90. The lowest BCUT2D eigenvalue weighted by atomic mass is 9.99. The molecule has 1 heterocycles. The van der Waals surface area contributed by atoms with E-state index < -0.39 is 34.4 Å². The third-order valence-electron chi connectivity index (χ3n) is 5.62. The topological polar surface area (TPSA) is 102 Å². The van der Waals surface area contributed by atoms with Crippen molar-refractivity contribution in [2.45, 2.75) is 17.4 Å². The van der Waals surface area contributed by atoms with E-state index in [9.17, 15) is 18.0 Å². The van der Waals surface area contributed by atoms with Gasteiger partial charge in [-0.1, -0.05) is 60.7 Å². The van der Waals surface area contributed by atoms with Crippen LogP contribution in [0.3, 0.4) is 0 Å². The normalized spacial score (nSPS) is 14.9. The van der Waals surface area contributed by atoms with Crippen molar-refractivity contribution in [3.8, 4) is 11.5 Å². The van der Waals surface area contributed by atoms with E-state index in [0.29, 0.717) is 10.7 Å². The van der Waals surface area contributed by atoms with Gasteiger partial charge in [-0.15, -0.1) is 0 Å². The quantitative estimate of drug-likeness (QED) is 0.532. The van der Waals surface area contributed by atoms with E-state index >= 15 is 0 Å². The fraction of sp³-hybridized carbons (Fsp3) is 0.200. The fourth-order valence-electron chi connectivity index (χ4n) is 3.92. The number of benzene rings is 3. The van der Waals surface area contributed by atoms with Gasteiger partial charge in [0.2, 0.25) is 5.91 Å². The van der Waals surface area contributed by atoms with Gasteiger partial charge in [0, 0.05) is 6.07 Å².